The standard InChI is InChI=1S/C27H39N5O2.2ClH/c1-6-14-31-25(33)24(17-19(2)3)28-26(34)27(31)12-15-30(16-13-27)18-23-20(4)29-32(21(23)5)22-10-8-7-9-11-22;;/h7-11,19,24H,6,12-18H2,1-5H3,(H,28,34);2*1H. The van der Waals surface area contributed by atoms with E-state index in [9.17, 15) is 9.59 Å². The van der Waals surface area contributed by atoms with Crippen LogP contribution in [0.1, 0.15) is 63.4 Å². The molecule has 1 spiro atoms. The van der Waals surface area contributed by atoms with Crippen molar-refractivity contribution in [3.8, 4) is 5.69 Å². The number of para-hydroxylation sites is 1. The largest absolute Gasteiger partial charge is 0.342 e. The molecule has 200 valence electrons. The molecule has 1 atom stereocenters. The maximum atomic E-state index is 13.4. The van der Waals surface area contributed by atoms with Crippen molar-refractivity contribution in [1.29, 1.82) is 0 Å². The van der Waals surface area contributed by atoms with E-state index in [-0.39, 0.29) is 36.6 Å². The number of carbonyl (C=O) groups is 2. The summed E-state index contributed by atoms with van der Waals surface area (Å²) in [6.07, 6.45) is 2.89. The molecule has 7 nitrogen and oxygen atoms in total. The molecule has 2 fully saturated rings. The minimum absolute atomic E-state index is 0. The molecule has 1 aromatic heterocycles. The van der Waals surface area contributed by atoms with Gasteiger partial charge in [-0.15, -0.1) is 24.8 Å². The van der Waals surface area contributed by atoms with Crippen LogP contribution in [-0.4, -0.2) is 62.6 Å². The number of piperidine rings is 1. The molecule has 1 N–H and O–H groups in total. The Morgan fingerprint density at radius 2 is 1.72 bits per heavy atom. The number of hydrogen-bond donors (Lipinski definition) is 1. The maximum absolute atomic E-state index is 13.4. The molecule has 2 aliphatic heterocycles. The van der Waals surface area contributed by atoms with E-state index in [1.54, 1.807) is 0 Å². The molecule has 36 heavy (non-hydrogen) atoms. The van der Waals surface area contributed by atoms with Crippen molar-refractivity contribution in [1.82, 2.24) is 24.9 Å². The third kappa shape index (κ3) is 5.74. The lowest BCUT2D eigenvalue weighted by Crippen LogP contribution is -2.73. The molecule has 0 aliphatic carbocycles. The summed E-state index contributed by atoms with van der Waals surface area (Å²) in [5, 5.41) is 7.88. The molecule has 2 amide bonds. The number of aryl methyl sites for hydroxylation is 1. The van der Waals surface area contributed by atoms with Crippen LogP contribution in [0, 0.1) is 19.8 Å². The lowest BCUT2D eigenvalue weighted by Gasteiger charge is -2.52. The van der Waals surface area contributed by atoms with E-state index in [2.05, 4.69) is 57.0 Å². The summed E-state index contributed by atoms with van der Waals surface area (Å²) < 4.78 is 2.02. The van der Waals surface area contributed by atoms with Crippen LogP contribution in [0.4, 0.5) is 0 Å². The minimum atomic E-state index is -0.713. The molecule has 3 heterocycles. The molecule has 1 unspecified atom stereocenters. The average Bonchev–Trinajstić information content (AvgIpc) is 3.10. The zero-order valence-electron chi connectivity index (χ0n) is 22.1. The monoisotopic (exact) mass is 537 g/mol. The molecule has 2 aliphatic rings. The number of hydrogen-bond acceptors (Lipinski definition) is 4. The SMILES string of the molecule is CCCN1C(=O)C(CC(C)C)NC(=O)C12CCN(Cc1c(C)nn(-c3ccccc3)c1C)CC2.Cl.Cl. The van der Waals surface area contributed by atoms with Crippen LogP contribution in [-0.2, 0) is 16.1 Å². The molecular weight excluding hydrogens is 497 g/mol. The van der Waals surface area contributed by atoms with E-state index in [1.807, 2.05) is 27.8 Å². The highest BCUT2D eigenvalue weighted by molar-refractivity contribution is 6.00. The number of aromatic nitrogens is 2. The van der Waals surface area contributed by atoms with Gasteiger partial charge < -0.3 is 10.2 Å². The molecule has 1 aromatic carbocycles. The molecule has 4 rings (SSSR count). The maximum Gasteiger partial charge on any atom is 0.246 e. The summed E-state index contributed by atoms with van der Waals surface area (Å²) in [4.78, 5) is 31.1. The summed E-state index contributed by atoms with van der Waals surface area (Å²) in [5.41, 5.74) is 3.78. The number of halogens is 2. The number of likely N-dealkylation sites (tertiary alicyclic amines) is 1. The van der Waals surface area contributed by atoms with Gasteiger partial charge in [-0.1, -0.05) is 39.0 Å². The molecule has 9 heteroatoms. The van der Waals surface area contributed by atoms with Crippen molar-refractivity contribution in [3.05, 3.63) is 47.3 Å². The van der Waals surface area contributed by atoms with Crippen LogP contribution in [0.2, 0.25) is 0 Å². The van der Waals surface area contributed by atoms with Crippen LogP contribution >= 0.6 is 24.8 Å². The van der Waals surface area contributed by atoms with Crippen molar-refractivity contribution < 1.29 is 9.59 Å². The van der Waals surface area contributed by atoms with Gasteiger partial charge in [-0.3, -0.25) is 14.5 Å². The fraction of sp³-hybridized carbons (Fsp3) is 0.593. The Kier molecular flexibility index (Phi) is 10.4. The number of rotatable bonds is 7. The van der Waals surface area contributed by atoms with Crippen molar-refractivity contribution in [2.75, 3.05) is 19.6 Å². The zero-order chi connectivity index (χ0) is 24.5. The number of piperazine rings is 1. The summed E-state index contributed by atoms with van der Waals surface area (Å²) in [5.74, 6) is 0.492. The number of nitrogens with one attached hydrogen (secondary N) is 1. The van der Waals surface area contributed by atoms with E-state index in [4.69, 9.17) is 5.10 Å². The van der Waals surface area contributed by atoms with Crippen LogP contribution < -0.4 is 5.32 Å². The van der Waals surface area contributed by atoms with Gasteiger partial charge in [0, 0.05) is 37.4 Å². The lowest BCUT2D eigenvalue weighted by molar-refractivity contribution is -0.161. The first kappa shape index (κ1) is 30.1. The molecule has 0 radical (unpaired) electrons. The van der Waals surface area contributed by atoms with E-state index < -0.39 is 11.6 Å². The van der Waals surface area contributed by atoms with E-state index >= 15 is 0 Å². The Morgan fingerprint density at radius 3 is 2.31 bits per heavy atom. The Morgan fingerprint density at radius 1 is 1.08 bits per heavy atom. The van der Waals surface area contributed by atoms with Gasteiger partial charge >= 0.3 is 0 Å². The predicted octanol–water partition coefficient (Wildman–Crippen LogP) is 4.45. The van der Waals surface area contributed by atoms with Crippen LogP contribution in [0.3, 0.4) is 0 Å². The van der Waals surface area contributed by atoms with Crippen molar-refractivity contribution in [2.45, 2.75) is 78.4 Å². The minimum Gasteiger partial charge on any atom is -0.342 e. The van der Waals surface area contributed by atoms with E-state index in [0.717, 1.165) is 43.1 Å². The van der Waals surface area contributed by atoms with Gasteiger partial charge in [-0.05, 0) is 57.6 Å². The average molecular weight is 539 g/mol. The molecule has 2 aromatic rings. The van der Waals surface area contributed by atoms with E-state index in [1.165, 1.54) is 5.56 Å². The van der Waals surface area contributed by atoms with Gasteiger partial charge in [0.25, 0.3) is 0 Å². The van der Waals surface area contributed by atoms with Crippen LogP contribution in [0.15, 0.2) is 30.3 Å². The van der Waals surface area contributed by atoms with Gasteiger partial charge in [0.1, 0.15) is 11.6 Å². The topological polar surface area (TPSA) is 70.5 Å². The first-order chi connectivity index (χ1) is 16.3. The molecule has 0 saturated carbocycles. The second kappa shape index (κ2) is 12.4. The summed E-state index contributed by atoms with van der Waals surface area (Å²) in [6.45, 7) is 13.5. The van der Waals surface area contributed by atoms with E-state index in [0.29, 0.717) is 31.7 Å². The Bertz CT molecular complexity index is 1030. The Hall–Kier alpha value is -2.09. The molecular formula is C27H41Cl2N5O2. The second-order valence-electron chi connectivity index (χ2n) is 10.3. The normalized spacial score (nSPS) is 19.7. The quantitative estimate of drug-likeness (QED) is 0.566. The number of carbonyl (C=O) groups excluding carboxylic acids is 2. The van der Waals surface area contributed by atoms with Crippen molar-refractivity contribution >= 4 is 36.6 Å². The number of nitrogens with zero attached hydrogens (tertiary/aromatic N) is 4. The third-order valence-corrected chi connectivity index (χ3v) is 7.47. The summed E-state index contributed by atoms with van der Waals surface area (Å²) in [7, 11) is 0. The first-order valence-electron chi connectivity index (χ1n) is 12.7. The zero-order valence-corrected chi connectivity index (χ0v) is 23.8. The highest BCUT2D eigenvalue weighted by Crippen LogP contribution is 2.35. The highest BCUT2D eigenvalue weighted by Gasteiger charge is 2.53. The van der Waals surface area contributed by atoms with Crippen LogP contribution in [0.5, 0.6) is 0 Å². The molecule has 2 saturated heterocycles. The smallest absolute Gasteiger partial charge is 0.246 e. The lowest BCUT2D eigenvalue weighted by atomic mass is 9.80. The van der Waals surface area contributed by atoms with Gasteiger partial charge in [-0.25, -0.2) is 4.68 Å². The van der Waals surface area contributed by atoms with Gasteiger partial charge in [0.05, 0.1) is 11.4 Å². The Balaban J connectivity index is 0.00000228. The van der Waals surface area contributed by atoms with Crippen LogP contribution in [0.25, 0.3) is 5.69 Å². The fourth-order valence-electron chi connectivity index (χ4n) is 5.58. The first-order valence-corrected chi connectivity index (χ1v) is 12.7. The third-order valence-electron chi connectivity index (χ3n) is 7.47. The van der Waals surface area contributed by atoms with Gasteiger partial charge in [0.2, 0.25) is 11.8 Å². The number of benzene rings is 1. The van der Waals surface area contributed by atoms with Crippen molar-refractivity contribution in [3.63, 3.8) is 0 Å². The summed E-state index contributed by atoms with van der Waals surface area (Å²) in [6, 6.07) is 9.82. The fourth-order valence-corrected chi connectivity index (χ4v) is 5.58. The number of amides is 2. The van der Waals surface area contributed by atoms with Gasteiger partial charge in [0.15, 0.2) is 0 Å². The summed E-state index contributed by atoms with van der Waals surface area (Å²) >= 11 is 0. The Labute approximate surface area is 227 Å². The van der Waals surface area contributed by atoms with Crippen molar-refractivity contribution in [2.24, 2.45) is 5.92 Å². The highest BCUT2D eigenvalue weighted by atomic mass is 35.5. The second-order valence-corrected chi connectivity index (χ2v) is 10.3. The van der Waals surface area contributed by atoms with Gasteiger partial charge in [-0.2, -0.15) is 5.10 Å². The molecule has 0 bridgehead atoms. The predicted molar refractivity (Wildman–Crippen MR) is 148 cm³/mol.